The minimum atomic E-state index is -4.74. The molecule has 0 saturated heterocycles. The van der Waals surface area contributed by atoms with Crippen molar-refractivity contribution in [1.29, 1.82) is 0 Å². The summed E-state index contributed by atoms with van der Waals surface area (Å²) in [6.07, 6.45) is -0.791. The second-order valence-corrected chi connectivity index (χ2v) is 8.19. The van der Waals surface area contributed by atoms with Gasteiger partial charge in [-0.15, -0.1) is 18.3 Å². The van der Waals surface area contributed by atoms with Crippen molar-refractivity contribution in [2.45, 2.75) is 45.0 Å². The van der Waals surface area contributed by atoms with E-state index in [1.807, 2.05) is 0 Å². The maximum atomic E-state index is 14.7. The lowest BCUT2D eigenvalue weighted by molar-refractivity contribution is -0.274. The van der Waals surface area contributed by atoms with Gasteiger partial charge >= 0.3 is 6.36 Å². The number of hydrogen-bond donors (Lipinski definition) is 1. The number of hydrogen-bond acceptors (Lipinski definition) is 6. The molecular weight excluding hydrogens is 466 g/mol. The molecule has 1 aliphatic rings. The number of ether oxygens (including phenoxy) is 1. The van der Waals surface area contributed by atoms with Crippen molar-refractivity contribution in [3.8, 4) is 11.4 Å². The third-order valence-corrected chi connectivity index (χ3v) is 5.79. The van der Waals surface area contributed by atoms with Crippen molar-refractivity contribution in [1.82, 2.24) is 29.5 Å². The molecule has 2 aromatic heterocycles. The van der Waals surface area contributed by atoms with Gasteiger partial charge in [-0.1, -0.05) is 18.6 Å². The summed E-state index contributed by atoms with van der Waals surface area (Å²) in [7, 11) is 0. The molecule has 0 unspecified atom stereocenters. The molecule has 8 nitrogen and oxygen atoms in total. The fraction of sp³-hybridized carbons (Fsp3) is 0.304. The van der Waals surface area contributed by atoms with Crippen LogP contribution in [0.15, 0.2) is 48.8 Å². The number of nitrogens with zero attached hydrogens (tertiary/aromatic N) is 6. The Morgan fingerprint density at radius 1 is 1.09 bits per heavy atom. The topological polar surface area (TPSA) is 82.7 Å². The van der Waals surface area contributed by atoms with Crippen LogP contribution in [0.5, 0.6) is 5.75 Å². The zero-order valence-electron chi connectivity index (χ0n) is 18.6. The summed E-state index contributed by atoms with van der Waals surface area (Å²) < 4.78 is 59.4. The Morgan fingerprint density at radius 2 is 1.89 bits per heavy atom. The van der Waals surface area contributed by atoms with Gasteiger partial charge in [-0.2, -0.15) is 10.1 Å². The van der Waals surface area contributed by atoms with Gasteiger partial charge in [0.25, 0.3) is 0 Å². The lowest BCUT2D eigenvalue weighted by atomic mass is 9.93. The fourth-order valence-electron chi connectivity index (χ4n) is 4.21. The number of fused-ring (bicyclic) bond motifs is 1. The van der Waals surface area contributed by atoms with E-state index in [1.54, 1.807) is 35.9 Å². The summed E-state index contributed by atoms with van der Waals surface area (Å²) in [4.78, 5) is 8.65. The number of anilines is 2. The van der Waals surface area contributed by atoms with E-state index in [0.717, 1.165) is 24.8 Å². The highest BCUT2D eigenvalue weighted by Crippen LogP contribution is 2.34. The third kappa shape index (κ3) is 4.96. The molecule has 0 radical (unpaired) electrons. The van der Waals surface area contributed by atoms with Crippen LogP contribution in [0.1, 0.15) is 42.4 Å². The molecule has 1 atom stereocenters. The molecule has 35 heavy (non-hydrogen) atoms. The second-order valence-electron chi connectivity index (χ2n) is 8.19. The maximum absolute atomic E-state index is 14.7. The van der Waals surface area contributed by atoms with Gasteiger partial charge in [-0.3, -0.25) is 0 Å². The summed E-state index contributed by atoms with van der Waals surface area (Å²) in [5.74, 6) is 0.676. The molecule has 0 saturated carbocycles. The zero-order valence-corrected chi connectivity index (χ0v) is 18.6. The minimum Gasteiger partial charge on any atom is -0.406 e. The number of benzene rings is 2. The van der Waals surface area contributed by atoms with E-state index in [0.29, 0.717) is 29.8 Å². The summed E-state index contributed by atoms with van der Waals surface area (Å²) in [6, 6.07) is 10.5. The molecular formula is C23H21F4N7O. The van der Waals surface area contributed by atoms with Gasteiger partial charge in [-0.05, 0) is 55.7 Å². The molecule has 3 heterocycles. The van der Waals surface area contributed by atoms with E-state index >= 15 is 0 Å². The van der Waals surface area contributed by atoms with Gasteiger partial charge in [0.15, 0.2) is 5.82 Å². The predicted molar refractivity (Wildman–Crippen MR) is 118 cm³/mol. The summed E-state index contributed by atoms with van der Waals surface area (Å²) in [5, 5.41) is 11.6. The van der Waals surface area contributed by atoms with E-state index in [1.165, 1.54) is 29.2 Å². The van der Waals surface area contributed by atoms with Gasteiger partial charge in [0.2, 0.25) is 5.95 Å². The molecule has 0 fully saturated rings. The summed E-state index contributed by atoms with van der Waals surface area (Å²) >= 11 is 0. The van der Waals surface area contributed by atoms with Crippen molar-refractivity contribution in [2.24, 2.45) is 0 Å². The predicted octanol–water partition coefficient (Wildman–Crippen LogP) is 5.26. The SMILES string of the molecule is Cc1ncnn1-c1ccc(Nc2nc3n(n2)CCCC[C@H]3c2ccc(OC(F)(F)F)cc2)cc1F. The lowest BCUT2D eigenvalue weighted by Gasteiger charge is -2.15. The quantitative estimate of drug-likeness (QED) is 0.387. The first-order valence-corrected chi connectivity index (χ1v) is 11.0. The van der Waals surface area contributed by atoms with Crippen LogP contribution in [0, 0.1) is 12.7 Å². The Hall–Kier alpha value is -3.96. The Kier molecular flexibility index (Phi) is 5.87. The van der Waals surface area contributed by atoms with Crippen LogP contribution in [0.3, 0.4) is 0 Å². The first-order chi connectivity index (χ1) is 16.8. The van der Waals surface area contributed by atoms with Crippen LogP contribution < -0.4 is 10.1 Å². The highest BCUT2D eigenvalue weighted by Gasteiger charge is 2.31. The molecule has 1 N–H and O–H groups in total. The van der Waals surface area contributed by atoms with Gasteiger partial charge in [0.1, 0.15) is 29.4 Å². The molecule has 0 bridgehead atoms. The first-order valence-electron chi connectivity index (χ1n) is 11.0. The van der Waals surface area contributed by atoms with Crippen LogP contribution in [0.2, 0.25) is 0 Å². The Balaban J connectivity index is 1.38. The highest BCUT2D eigenvalue weighted by atomic mass is 19.4. The van der Waals surface area contributed by atoms with Crippen molar-refractivity contribution < 1.29 is 22.3 Å². The summed E-state index contributed by atoms with van der Waals surface area (Å²) in [5.41, 5.74) is 1.56. The van der Waals surface area contributed by atoms with Gasteiger partial charge in [-0.25, -0.2) is 18.7 Å². The van der Waals surface area contributed by atoms with Crippen LogP contribution in [-0.4, -0.2) is 35.9 Å². The molecule has 1 aliphatic heterocycles. The lowest BCUT2D eigenvalue weighted by Crippen LogP contribution is -2.17. The second kappa shape index (κ2) is 9.01. The van der Waals surface area contributed by atoms with Crippen molar-refractivity contribution in [3.63, 3.8) is 0 Å². The minimum absolute atomic E-state index is 0.144. The molecule has 182 valence electrons. The van der Waals surface area contributed by atoms with Gasteiger partial charge in [0.05, 0.1) is 0 Å². The van der Waals surface area contributed by atoms with Crippen LogP contribution in [0.4, 0.5) is 29.2 Å². The van der Waals surface area contributed by atoms with E-state index in [4.69, 9.17) is 0 Å². The van der Waals surface area contributed by atoms with Crippen LogP contribution in [0.25, 0.3) is 5.69 Å². The standard InChI is InChI=1S/C23H21F4N7O/c1-14-28-13-29-34(14)20-10-7-16(12-19(20)24)30-22-31-21-18(4-2-3-11-33(21)32-22)15-5-8-17(9-6-15)35-23(25,26)27/h5-10,12-13,18H,2-4,11H2,1H3,(H,30,32)/t18-/m0/s1. The van der Waals surface area contributed by atoms with E-state index in [-0.39, 0.29) is 17.4 Å². The normalized spacial score (nSPS) is 16.0. The Morgan fingerprint density at radius 3 is 2.57 bits per heavy atom. The number of aromatic nitrogens is 6. The Labute approximate surface area is 197 Å². The molecule has 0 spiro atoms. The molecule has 0 amide bonds. The maximum Gasteiger partial charge on any atom is 0.573 e. The van der Waals surface area contributed by atoms with Crippen LogP contribution in [-0.2, 0) is 6.54 Å². The zero-order chi connectivity index (χ0) is 24.6. The van der Waals surface area contributed by atoms with Crippen molar-refractivity contribution >= 4 is 11.6 Å². The van der Waals surface area contributed by atoms with Crippen molar-refractivity contribution in [3.05, 3.63) is 71.8 Å². The number of aryl methyl sites for hydroxylation is 2. The molecule has 5 rings (SSSR count). The van der Waals surface area contributed by atoms with E-state index in [2.05, 4.69) is 30.2 Å². The molecule has 0 aliphatic carbocycles. The number of nitrogens with one attached hydrogen (secondary N) is 1. The third-order valence-electron chi connectivity index (χ3n) is 5.79. The number of rotatable bonds is 5. The smallest absolute Gasteiger partial charge is 0.406 e. The molecule has 2 aromatic carbocycles. The largest absolute Gasteiger partial charge is 0.573 e. The molecule has 12 heteroatoms. The number of halogens is 4. The van der Waals surface area contributed by atoms with Crippen molar-refractivity contribution in [2.75, 3.05) is 5.32 Å². The van der Waals surface area contributed by atoms with E-state index < -0.39 is 12.2 Å². The summed E-state index contributed by atoms with van der Waals surface area (Å²) in [6.45, 7) is 2.39. The highest BCUT2D eigenvalue weighted by molar-refractivity contribution is 5.56. The monoisotopic (exact) mass is 487 g/mol. The average molecular weight is 487 g/mol. The van der Waals surface area contributed by atoms with Gasteiger partial charge in [0, 0.05) is 18.2 Å². The average Bonchev–Trinajstić information content (AvgIpc) is 3.34. The Bertz CT molecular complexity index is 1330. The molecule has 4 aromatic rings. The fourth-order valence-corrected chi connectivity index (χ4v) is 4.21. The number of alkyl halides is 3. The first kappa shape index (κ1) is 22.8. The van der Waals surface area contributed by atoms with Gasteiger partial charge < -0.3 is 10.1 Å². The van der Waals surface area contributed by atoms with Crippen LogP contribution >= 0.6 is 0 Å². The van der Waals surface area contributed by atoms with E-state index in [9.17, 15) is 17.6 Å².